The molecule has 2 rings (SSSR count). The molecule has 0 saturated carbocycles. The largest absolute Gasteiger partial charge is 0.428 e. The van der Waals surface area contributed by atoms with E-state index in [4.69, 9.17) is 0 Å². The van der Waals surface area contributed by atoms with Crippen molar-refractivity contribution in [1.29, 1.82) is 0 Å². The van der Waals surface area contributed by atoms with Crippen molar-refractivity contribution in [1.82, 2.24) is 4.73 Å². The van der Waals surface area contributed by atoms with Gasteiger partial charge < -0.3 is 5.21 Å². The number of fused-ring (bicyclic) bond motifs is 1. The molecule has 0 aliphatic carbocycles. The average Bonchev–Trinajstić information content (AvgIpc) is 2.30. The molecule has 1 heterocycles. The normalized spacial score (nSPS) is 10.6. The minimum Gasteiger partial charge on any atom is -0.428 e. The van der Waals surface area contributed by atoms with Crippen LogP contribution in [0, 0.1) is 0 Å². The lowest BCUT2D eigenvalue weighted by Crippen LogP contribution is -2.03. The number of hydrogen-bond acceptors (Lipinski definition) is 1. The smallest absolute Gasteiger partial charge is 0.0872 e. The molecule has 3 heteroatoms. The lowest BCUT2D eigenvalue weighted by atomic mass is 10.3. The zero-order chi connectivity index (χ0) is 7.84. The van der Waals surface area contributed by atoms with Crippen LogP contribution in [0.4, 0.5) is 0 Å². The third kappa shape index (κ3) is 0.908. The van der Waals surface area contributed by atoms with Gasteiger partial charge in [0.1, 0.15) is 0 Å². The van der Waals surface area contributed by atoms with E-state index in [0.717, 1.165) is 16.3 Å². The fourth-order valence-electron chi connectivity index (χ4n) is 1.16. The molecule has 0 aliphatic heterocycles. The monoisotopic (exact) mass is 165 g/mol. The predicted octanol–water partition coefficient (Wildman–Crippen LogP) is 1.38. The number of hydrogen-bond donors (Lipinski definition) is 1. The van der Waals surface area contributed by atoms with Gasteiger partial charge in [-0.25, -0.2) is 0 Å². The molecule has 0 fully saturated rings. The number of benzene rings is 1. The first-order valence-corrected chi connectivity index (χ1v) is 3.92. The Morgan fingerprint density at radius 3 is 2.73 bits per heavy atom. The summed E-state index contributed by atoms with van der Waals surface area (Å²) in [4.78, 5) is 0. The van der Waals surface area contributed by atoms with Gasteiger partial charge in [-0.05, 0) is 12.1 Å². The highest BCUT2D eigenvalue weighted by atomic mass is 31.0. The van der Waals surface area contributed by atoms with Crippen LogP contribution in [0.2, 0.25) is 0 Å². The SMILES string of the molecule is On1c(P)cc2ccccc21. The Bertz CT molecular complexity index is 394. The first-order chi connectivity index (χ1) is 5.29. The first-order valence-electron chi connectivity index (χ1n) is 3.34. The second-order valence-corrected chi connectivity index (χ2v) is 3.03. The van der Waals surface area contributed by atoms with Gasteiger partial charge in [0.05, 0.1) is 11.0 Å². The van der Waals surface area contributed by atoms with Gasteiger partial charge in [-0.1, -0.05) is 27.4 Å². The summed E-state index contributed by atoms with van der Waals surface area (Å²) in [5.74, 6) is 0. The summed E-state index contributed by atoms with van der Waals surface area (Å²) in [7, 11) is 2.47. The topological polar surface area (TPSA) is 25.2 Å². The molecule has 1 aromatic carbocycles. The molecule has 0 amide bonds. The van der Waals surface area contributed by atoms with Gasteiger partial charge >= 0.3 is 0 Å². The number of nitrogens with zero attached hydrogens (tertiary/aromatic N) is 1. The fourth-order valence-corrected chi connectivity index (χ4v) is 1.48. The highest BCUT2D eigenvalue weighted by molar-refractivity contribution is 7.27. The fraction of sp³-hybridized carbons (Fsp3) is 0. The predicted molar refractivity (Wildman–Crippen MR) is 48.5 cm³/mol. The summed E-state index contributed by atoms with van der Waals surface area (Å²) < 4.78 is 1.17. The Morgan fingerprint density at radius 1 is 1.27 bits per heavy atom. The van der Waals surface area contributed by atoms with Crippen molar-refractivity contribution in [2.75, 3.05) is 0 Å². The molecule has 0 bridgehead atoms. The van der Waals surface area contributed by atoms with Crippen LogP contribution >= 0.6 is 9.24 Å². The van der Waals surface area contributed by atoms with E-state index >= 15 is 0 Å². The van der Waals surface area contributed by atoms with Gasteiger partial charge in [-0.15, -0.1) is 0 Å². The maximum atomic E-state index is 9.39. The minimum atomic E-state index is 0.784. The standard InChI is InChI=1S/C8H8NOP/c10-9-7-4-2-1-3-6(7)5-8(9)11/h1-5,10H,11H2. The maximum absolute atomic E-state index is 9.39. The first kappa shape index (κ1) is 6.68. The van der Waals surface area contributed by atoms with Crippen LogP contribution in [-0.4, -0.2) is 9.94 Å². The van der Waals surface area contributed by atoms with E-state index in [1.54, 1.807) is 0 Å². The van der Waals surface area contributed by atoms with Gasteiger partial charge in [0, 0.05) is 5.39 Å². The second kappa shape index (κ2) is 2.24. The van der Waals surface area contributed by atoms with Gasteiger partial charge in [0.2, 0.25) is 0 Å². The van der Waals surface area contributed by atoms with Gasteiger partial charge in [-0.3, -0.25) is 0 Å². The van der Waals surface area contributed by atoms with E-state index < -0.39 is 0 Å². The Morgan fingerprint density at radius 2 is 2.00 bits per heavy atom. The van der Waals surface area contributed by atoms with Crippen molar-refractivity contribution >= 4 is 25.6 Å². The molecule has 56 valence electrons. The molecule has 0 radical (unpaired) electrons. The highest BCUT2D eigenvalue weighted by Gasteiger charge is 2.00. The van der Waals surface area contributed by atoms with Crippen LogP contribution in [0.15, 0.2) is 30.3 Å². The maximum Gasteiger partial charge on any atom is 0.0872 e. The van der Waals surface area contributed by atoms with E-state index in [1.165, 1.54) is 4.73 Å². The molecule has 1 N–H and O–H groups in total. The van der Waals surface area contributed by atoms with Crippen LogP contribution in [0.5, 0.6) is 0 Å². The van der Waals surface area contributed by atoms with Crippen molar-refractivity contribution in [2.45, 2.75) is 0 Å². The number of para-hydroxylation sites is 1. The molecule has 11 heavy (non-hydrogen) atoms. The molecule has 2 nitrogen and oxygen atoms in total. The van der Waals surface area contributed by atoms with Crippen molar-refractivity contribution in [2.24, 2.45) is 0 Å². The molecule has 2 aromatic rings. The van der Waals surface area contributed by atoms with E-state index in [0.29, 0.717) is 0 Å². The molecule has 1 atom stereocenters. The van der Waals surface area contributed by atoms with Crippen LogP contribution in [0.25, 0.3) is 10.9 Å². The molecule has 0 saturated heterocycles. The Labute approximate surface area is 66.6 Å². The summed E-state index contributed by atoms with van der Waals surface area (Å²) in [5, 5.41) is 10.4. The molecular weight excluding hydrogens is 157 g/mol. The number of aromatic nitrogens is 1. The minimum absolute atomic E-state index is 0.784. The van der Waals surface area contributed by atoms with E-state index in [1.807, 2.05) is 30.3 Å². The van der Waals surface area contributed by atoms with Crippen LogP contribution in [0.1, 0.15) is 0 Å². The van der Waals surface area contributed by atoms with Crippen LogP contribution in [-0.2, 0) is 0 Å². The zero-order valence-corrected chi connectivity index (χ0v) is 7.01. The highest BCUT2D eigenvalue weighted by Crippen LogP contribution is 2.12. The summed E-state index contributed by atoms with van der Waals surface area (Å²) >= 11 is 0. The third-order valence-corrected chi connectivity index (χ3v) is 2.12. The van der Waals surface area contributed by atoms with Gasteiger partial charge in [-0.2, -0.15) is 4.73 Å². The lowest BCUT2D eigenvalue weighted by molar-refractivity contribution is 0.209. The molecule has 0 spiro atoms. The van der Waals surface area contributed by atoms with Crippen molar-refractivity contribution in [3.63, 3.8) is 0 Å². The van der Waals surface area contributed by atoms with Gasteiger partial charge in [0.25, 0.3) is 0 Å². The quantitative estimate of drug-likeness (QED) is 0.463. The van der Waals surface area contributed by atoms with Crippen molar-refractivity contribution in [3.05, 3.63) is 30.3 Å². The van der Waals surface area contributed by atoms with E-state index in [-0.39, 0.29) is 0 Å². The van der Waals surface area contributed by atoms with Crippen LogP contribution < -0.4 is 5.44 Å². The zero-order valence-electron chi connectivity index (χ0n) is 5.86. The Balaban J connectivity index is 2.92. The molecular formula is C8H8NOP. The summed E-state index contributed by atoms with van der Waals surface area (Å²) in [6.07, 6.45) is 0. The van der Waals surface area contributed by atoms with E-state index in [2.05, 4.69) is 9.24 Å². The Hall–Kier alpha value is -1.01. The lowest BCUT2D eigenvalue weighted by Gasteiger charge is -1.94. The summed E-state index contributed by atoms with van der Waals surface area (Å²) in [6.45, 7) is 0. The molecule has 0 aliphatic rings. The molecule has 1 unspecified atom stereocenters. The number of rotatable bonds is 0. The van der Waals surface area contributed by atoms with Crippen LogP contribution in [0.3, 0.4) is 0 Å². The van der Waals surface area contributed by atoms with Gasteiger partial charge in [0.15, 0.2) is 0 Å². The summed E-state index contributed by atoms with van der Waals surface area (Å²) in [5.41, 5.74) is 1.63. The summed E-state index contributed by atoms with van der Waals surface area (Å²) in [6, 6.07) is 9.62. The average molecular weight is 165 g/mol. The Kier molecular flexibility index (Phi) is 1.36. The van der Waals surface area contributed by atoms with E-state index in [9.17, 15) is 5.21 Å². The molecule has 1 aromatic heterocycles. The van der Waals surface area contributed by atoms with Crippen molar-refractivity contribution < 1.29 is 5.21 Å². The third-order valence-electron chi connectivity index (χ3n) is 1.71. The second-order valence-electron chi connectivity index (χ2n) is 2.44. The van der Waals surface area contributed by atoms with Crippen molar-refractivity contribution in [3.8, 4) is 0 Å².